The highest BCUT2D eigenvalue weighted by Crippen LogP contribution is 2.24. The van der Waals surface area contributed by atoms with Crippen molar-refractivity contribution in [3.8, 4) is 0 Å². The summed E-state index contributed by atoms with van der Waals surface area (Å²) in [6, 6.07) is 14.5. The Morgan fingerprint density at radius 1 is 1.09 bits per heavy atom. The van der Waals surface area contributed by atoms with Crippen molar-refractivity contribution in [3.63, 3.8) is 0 Å². The van der Waals surface area contributed by atoms with Crippen LogP contribution in [0.25, 0.3) is 0 Å². The van der Waals surface area contributed by atoms with Crippen LogP contribution < -0.4 is 5.32 Å². The zero-order valence-corrected chi connectivity index (χ0v) is 14.0. The van der Waals surface area contributed by atoms with E-state index in [1.54, 1.807) is 6.26 Å². The fourth-order valence-electron chi connectivity index (χ4n) is 3.12. The summed E-state index contributed by atoms with van der Waals surface area (Å²) in [5.41, 5.74) is 1.30. The van der Waals surface area contributed by atoms with Gasteiger partial charge in [-0.25, -0.2) is 0 Å². The highest BCUT2D eigenvalue weighted by molar-refractivity contribution is 5.26. The normalized spacial score (nSPS) is 18.0. The molecule has 3 rings (SSSR count). The second kappa shape index (κ2) is 7.30. The summed E-state index contributed by atoms with van der Waals surface area (Å²) < 4.78 is 11.1. The number of nitrogens with one attached hydrogen (secondary N) is 1. The summed E-state index contributed by atoms with van der Waals surface area (Å²) >= 11 is 0. The van der Waals surface area contributed by atoms with Gasteiger partial charge in [-0.05, 0) is 31.5 Å². The maximum atomic E-state index is 5.66. The first-order valence-corrected chi connectivity index (χ1v) is 8.31. The van der Waals surface area contributed by atoms with Crippen molar-refractivity contribution in [1.82, 2.24) is 10.2 Å². The number of morpholine rings is 1. The molecule has 1 aromatic carbocycles. The van der Waals surface area contributed by atoms with Crippen LogP contribution in [0, 0.1) is 0 Å². The minimum atomic E-state index is 0.0728. The van der Waals surface area contributed by atoms with Crippen molar-refractivity contribution in [2.24, 2.45) is 0 Å². The molecule has 23 heavy (non-hydrogen) atoms. The molecule has 2 aromatic rings. The van der Waals surface area contributed by atoms with Crippen molar-refractivity contribution in [2.75, 3.05) is 32.8 Å². The summed E-state index contributed by atoms with van der Waals surface area (Å²) in [4.78, 5) is 2.49. The third-order valence-corrected chi connectivity index (χ3v) is 4.57. The van der Waals surface area contributed by atoms with Crippen molar-refractivity contribution in [3.05, 3.63) is 60.1 Å². The zero-order valence-electron chi connectivity index (χ0n) is 14.0. The number of nitrogens with zero attached hydrogens (tertiary/aromatic N) is 1. The first-order valence-electron chi connectivity index (χ1n) is 8.31. The Bertz CT molecular complexity index is 575. The van der Waals surface area contributed by atoms with Gasteiger partial charge in [0.2, 0.25) is 0 Å². The fraction of sp³-hybridized carbons (Fsp3) is 0.474. The van der Waals surface area contributed by atoms with E-state index in [0.29, 0.717) is 0 Å². The number of ether oxygens (including phenoxy) is 1. The molecule has 1 saturated heterocycles. The van der Waals surface area contributed by atoms with Crippen molar-refractivity contribution < 1.29 is 9.15 Å². The molecule has 0 saturated carbocycles. The van der Waals surface area contributed by atoms with E-state index in [-0.39, 0.29) is 11.6 Å². The predicted molar refractivity (Wildman–Crippen MR) is 91.5 cm³/mol. The lowest BCUT2D eigenvalue weighted by Crippen LogP contribution is -2.55. The topological polar surface area (TPSA) is 37.6 Å². The van der Waals surface area contributed by atoms with Gasteiger partial charge in [-0.3, -0.25) is 4.90 Å². The molecule has 4 heteroatoms. The smallest absolute Gasteiger partial charge is 0.125 e. The quantitative estimate of drug-likeness (QED) is 0.889. The lowest BCUT2D eigenvalue weighted by atomic mass is 9.99. The highest BCUT2D eigenvalue weighted by atomic mass is 16.5. The van der Waals surface area contributed by atoms with Crippen LogP contribution in [0.3, 0.4) is 0 Å². The molecule has 0 aliphatic carbocycles. The molecule has 2 heterocycles. The lowest BCUT2D eigenvalue weighted by Gasteiger charge is -2.41. The molecule has 0 spiro atoms. The van der Waals surface area contributed by atoms with Gasteiger partial charge >= 0.3 is 0 Å². The lowest BCUT2D eigenvalue weighted by molar-refractivity contribution is -0.0102. The van der Waals surface area contributed by atoms with Gasteiger partial charge in [0.05, 0.1) is 25.5 Å². The number of hydrogen-bond acceptors (Lipinski definition) is 4. The molecule has 1 N–H and O–H groups in total. The predicted octanol–water partition coefficient (Wildman–Crippen LogP) is 3.07. The van der Waals surface area contributed by atoms with Crippen LogP contribution in [0.1, 0.15) is 31.2 Å². The molecule has 1 unspecified atom stereocenters. The second-order valence-electron chi connectivity index (χ2n) is 6.65. The minimum Gasteiger partial charge on any atom is -0.467 e. The van der Waals surface area contributed by atoms with E-state index < -0.39 is 0 Å². The van der Waals surface area contributed by atoms with Gasteiger partial charge in [-0.1, -0.05) is 30.3 Å². The van der Waals surface area contributed by atoms with Gasteiger partial charge in [0.15, 0.2) is 0 Å². The van der Waals surface area contributed by atoms with Gasteiger partial charge in [-0.15, -0.1) is 0 Å². The molecular formula is C19H26N2O2. The summed E-state index contributed by atoms with van der Waals surface area (Å²) in [6.07, 6.45) is 1.74. The Labute approximate surface area is 138 Å². The van der Waals surface area contributed by atoms with E-state index in [1.165, 1.54) is 5.56 Å². The van der Waals surface area contributed by atoms with Gasteiger partial charge in [0.25, 0.3) is 0 Å². The first-order chi connectivity index (χ1) is 11.2. The monoisotopic (exact) mass is 314 g/mol. The largest absolute Gasteiger partial charge is 0.467 e. The summed E-state index contributed by atoms with van der Waals surface area (Å²) in [7, 11) is 0. The number of hydrogen-bond donors (Lipinski definition) is 1. The first kappa shape index (κ1) is 16.2. The number of benzene rings is 1. The summed E-state index contributed by atoms with van der Waals surface area (Å²) in [5.74, 6) is 0.953. The van der Waals surface area contributed by atoms with Crippen LogP contribution in [0.2, 0.25) is 0 Å². The van der Waals surface area contributed by atoms with E-state index in [0.717, 1.165) is 38.6 Å². The maximum absolute atomic E-state index is 5.66. The van der Waals surface area contributed by atoms with Gasteiger partial charge in [0.1, 0.15) is 5.76 Å². The fourth-order valence-corrected chi connectivity index (χ4v) is 3.12. The molecule has 4 nitrogen and oxygen atoms in total. The molecule has 1 fully saturated rings. The van der Waals surface area contributed by atoms with Crippen LogP contribution in [0.5, 0.6) is 0 Å². The SMILES string of the molecule is CC(C)(CNC(c1ccccc1)c1ccco1)N1CCOCC1. The Hall–Kier alpha value is -1.62. The van der Waals surface area contributed by atoms with Gasteiger partial charge in [-0.2, -0.15) is 0 Å². The van der Waals surface area contributed by atoms with Crippen LogP contribution in [-0.4, -0.2) is 43.3 Å². The molecule has 1 aliphatic heterocycles. The van der Waals surface area contributed by atoms with Crippen LogP contribution >= 0.6 is 0 Å². The Balaban J connectivity index is 1.71. The molecule has 1 aromatic heterocycles. The van der Waals surface area contributed by atoms with Crippen molar-refractivity contribution >= 4 is 0 Å². The number of rotatable bonds is 6. The Morgan fingerprint density at radius 3 is 2.48 bits per heavy atom. The Kier molecular flexibility index (Phi) is 5.16. The molecule has 1 atom stereocenters. The van der Waals surface area contributed by atoms with E-state index in [4.69, 9.17) is 9.15 Å². The average Bonchev–Trinajstić information content (AvgIpc) is 3.11. The van der Waals surface area contributed by atoms with E-state index in [2.05, 4.69) is 48.3 Å². The van der Waals surface area contributed by atoms with E-state index in [9.17, 15) is 0 Å². The third kappa shape index (κ3) is 4.02. The maximum Gasteiger partial charge on any atom is 0.125 e. The van der Waals surface area contributed by atoms with Gasteiger partial charge in [0, 0.05) is 25.2 Å². The van der Waals surface area contributed by atoms with Crippen molar-refractivity contribution in [1.29, 1.82) is 0 Å². The third-order valence-electron chi connectivity index (χ3n) is 4.57. The van der Waals surface area contributed by atoms with Crippen molar-refractivity contribution in [2.45, 2.75) is 25.4 Å². The van der Waals surface area contributed by atoms with Crippen LogP contribution in [0.4, 0.5) is 0 Å². The zero-order chi connectivity index (χ0) is 16.1. The number of furan rings is 1. The van der Waals surface area contributed by atoms with Crippen LogP contribution in [0.15, 0.2) is 53.1 Å². The molecule has 0 radical (unpaired) electrons. The molecule has 0 bridgehead atoms. The molecule has 1 aliphatic rings. The average molecular weight is 314 g/mol. The minimum absolute atomic E-state index is 0.0728. The molecule has 124 valence electrons. The summed E-state index contributed by atoms with van der Waals surface area (Å²) in [6.45, 7) is 9.09. The standard InChI is InChI=1S/C19H26N2O2/c1-19(2,21-10-13-22-14-11-21)15-20-18(17-9-6-12-23-17)16-7-4-3-5-8-16/h3-9,12,18,20H,10-11,13-15H2,1-2H3. The van der Waals surface area contributed by atoms with E-state index in [1.807, 2.05) is 18.2 Å². The van der Waals surface area contributed by atoms with Crippen LogP contribution in [-0.2, 0) is 4.74 Å². The van der Waals surface area contributed by atoms with E-state index >= 15 is 0 Å². The molecular weight excluding hydrogens is 288 g/mol. The Morgan fingerprint density at radius 2 is 1.83 bits per heavy atom. The summed E-state index contributed by atoms with van der Waals surface area (Å²) in [5, 5.41) is 3.70. The highest BCUT2D eigenvalue weighted by Gasteiger charge is 2.29. The van der Waals surface area contributed by atoms with Gasteiger partial charge < -0.3 is 14.5 Å². The molecule has 0 amide bonds. The second-order valence-corrected chi connectivity index (χ2v) is 6.65.